The third kappa shape index (κ3) is 6.89. The quantitative estimate of drug-likeness (QED) is 0.207. The monoisotopic (exact) mass is 566 g/mol. The van der Waals surface area contributed by atoms with Gasteiger partial charge in [-0.3, -0.25) is 0 Å². The molecule has 4 aromatic carbocycles. The molecule has 0 aromatic heterocycles. The molecule has 0 spiro atoms. The Balaban J connectivity index is 1.43. The standard InChI is InChI=1S/C33H26O9/c34-29(22-13-5-1-6-14-22)38-21-26-27(40-30(35)23-15-7-2-8-16-23)28(41-31(36)24-17-9-3-10-18-24)33(39-26)42-32(37)25-19-11-4-12-20-25/h1-20,26-28,33H,21H2/t26-,27+,28?,33?/m1/s1. The van der Waals surface area contributed by atoms with Crippen molar-refractivity contribution in [3.8, 4) is 0 Å². The molecule has 0 saturated carbocycles. The van der Waals surface area contributed by atoms with E-state index in [0.717, 1.165) is 0 Å². The van der Waals surface area contributed by atoms with Crippen molar-refractivity contribution >= 4 is 23.9 Å². The van der Waals surface area contributed by atoms with Gasteiger partial charge in [0.1, 0.15) is 12.7 Å². The molecule has 1 saturated heterocycles. The minimum atomic E-state index is -1.49. The van der Waals surface area contributed by atoms with Gasteiger partial charge in [0.2, 0.25) is 12.4 Å². The van der Waals surface area contributed by atoms with Gasteiger partial charge in [-0.25, -0.2) is 19.2 Å². The van der Waals surface area contributed by atoms with E-state index in [9.17, 15) is 19.2 Å². The Morgan fingerprint density at radius 3 is 1.26 bits per heavy atom. The number of ether oxygens (including phenoxy) is 5. The fourth-order valence-corrected chi connectivity index (χ4v) is 4.28. The van der Waals surface area contributed by atoms with E-state index in [1.807, 2.05) is 0 Å². The molecule has 0 radical (unpaired) electrons. The van der Waals surface area contributed by atoms with Crippen LogP contribution in [0.15, 0.2) is 121 Å². The molecule has 1 aliphatic heterocycles. The van der Waals surface area contributed by atoms with Crippen LogP contribution in [-0.4, -0.2) is 55.1 Å². The minimum Gasteiger partial charge on any atom is -0.459 e. The highest BCUT2D eigenvalue weighted by Crippen LogP contribution is 2.30. The maximum Gasteiger partial charge on any atom is 0.340 e. The van der Waals surface area contributed by atoms with E-state index in [0.29, 0.717) is 5.56 Å². The molecular formula is C33H26O9. The summed E-state index contributed by atoms with van der Waals surface area (Å²) in [5, 5.41) is 0. The van der Waals surface area contributed by atoms with Gasteiger partial charge in [0.05, 0.1) is 22.3 Å². The fraction of sp³-hybridized carbons (Fsp3) is 0.152. The van der Waals surface area contributed by atoms with Gasteiger partial charge >= 0.3 is 23.9 Å². The Morgan fingerprint density at radius 2 is 0.833 bits per heavy atom. The fourth-order valence-electron chi connectivity index (χ4n) is 4.28. The first-order valence-corrected chi connectivity index (χ1v) is 13.2. The predicted molar refractivity (Wildman–Crippen MR) is 149 cm³/mol. The molecule has 1 fully saturated rings. The Labute approximate surface area is 241 Å². The van der Waals surface area contributed by atoms with Crippen LogP contribution >= 0.6 is 0 Å². The SMILES string of the molecule is O=C(OC[C@H]1OC(OC(=O)c2ccccc2)C(OC(=O)c2ccccc2)[C@H]1OC(=O)c1ccccc1)c1ccccc1. The molecule has 4 aromatic rings. The first-order valence-electron chi connectivity index (χ1n) is 13.2. The highest BCUT2D eigenvalue weighted by molar-refractivity contribution is 5.91. The third-order valence-electron chi connectivity index (χ3n) is 6.39. The van der Waals surface area contributed by atoms with E-state index < -0.39 is 48.5 Å². The maximum atomic E-state index is 13.1. The second kappa shape index (κ2) is 13.4. The van der Waals surface area contributed by atoms with Gasteiger partial charge in [-0.1, -0.05) is 72.8 Å². The molecule has 0 amide bonds. The van der Waals surface area contributed by atoms with Crippen molar-refractivity contribution in [1.29, 1.82) is 0 Å². The zero-order valence-corrected chi connectivity index (χ0v) is 22.2. The van der Waals surface area contributed by atoms with E-state index >= 15 is 0 Å². The molecule has 42 heavy (non-hydrogen) atoms. The van der Waals surface area contributed by atoms with Gasteiger partial charge in [0.15, 0.2) is 6.10 Å². The van der Waals surface area contributed by atoms with Gasteiger partial charge in [-0.05, 0) is 48.5 Å². The zero-order valence-electron chi connectivity index (χ0n) is 22.2. The summed E-state index contributed by atoms with van der Waals surface area (Å²) in [4.78, 5) is 51.9. The van der Waals surface area contributed by atoms with E-state index in [2.05, 4.69) is 0 Å². The van der Waals surface area contributed by atoms with Crippen LogP contribution in [0.25, 0.3) is 0 Å². The van der Waals surface area contributed by atoms with Crippen LogP contribution in [0.3, 0.4) is 0 Å². The molecular weight excluding hydrogens is 540 g/mol. The summed E-state index contributed by atoms with van der Waals surface area (Å²) in [6.07, 6.45) is -5.33. The van der Waals surface area contributed by atoms with Crippen LogP contribution in [0, 0.1) is 0 Å². The van der Waals surface area contributed by atoms with Crippen molar-refractivity contribution in [2.24, 2.45) is 0 Å². The molecule has 4 atom stereocenters. The number of hydrogen-bond acceptors (Lipinski definition) is 9. The number of carbonyl (C=O) groups excluding carboxylic acids is 4. The summed E-state index contributed by atoms with van der Waals surface area (Å²) in [7, 11) is 0. The molecule has 2 unspecified atom stereocenters. The molecule has 0 bridgehead atoms. The number of benzene rings is 4. The molecule has 0 aliphatic carbocycles. The second-order valence-corrected chi connectivity index (χ2v) is 9.25. The molecule has 1 aliphatic rings. The number of carbonyl (C=O) groups is 4. The van der Waals surface area contributed by atoms with E-state index in [-0.39, 0.29) is 23.3 Å². The lowest BCUT2D eigenvalue weighted by molar-refractivity contribution is -0.141. The summed E-state index contributed by atoms with van der Waals surface area (Å²) in [5.74, 6) is -2.89. The highest BCUT2D eigenvalue weighted by atomic mass is 16.8. The first-order chi connectivity index (χ1) is 20.5. The molecule has 1 heterocycles. The van der Waals surface area contributed by atoms with Gasteiger partial charge < -0.3 is 23.7 Å². The Morgan fingerprint density at radius 1 is 0.476 bits per heavy atom. The van der Waals surface area contributed by atoms with E-state index in [1.165, 1.54) is 0 Å². The summed E-state index contributed by atoms with van der Waals surface area (Å²) >= 11 is 0. The zero-order chi connectivity index (χ0) is 29.3. The van der Waals surface area contributed by atoms with Crippen molar-refractivity contribution in [1.82, 2.24) is 0 Å². The van der Waals surface area contributed by atoms with Crippen molar-refractivity contribution in [2.45, 2.75) is 24.6 Å². The van der Waals surface area contributed by atoms with E-state index in [1.54, 1.807) is 121 Å². The first kappa shape index (κ1) is 28.3. The number of hydrogen-bond donors (Lipinski definition) is 0. The third-order valence-corrected chi connectivity index (χ3v) is 6.39. The van der Waals surface area contributed by atoms with Crippen LogP contribution < -0.4 is 0 Å². The predicted octanol–water partition coefficient (Wildman–Crippen LogP) is 4.88. The maximum absolute atomic E-state index is 13.1. The average Bonchev–Trinajstić information content (AvgIpc) is 3.35. The van der Waals surface area contributed by atoms with Crippen LogP contribution in [0.4, 0.5) is 0 Å². The lowest BCUT2D eigenvalue weighted by atomic mass is 10.1. The normalized spacial score (nSPS) is 19.3. The average molecular weight is 567 g/mol. The van der Waals surface area contributed by atoms with Crippen molar-refractivity contribution < 1.29 is 42.9 Å². The minimum absolute atomic E-state index is 0.220. The van der Waals surface area contributed by atoms with Gasteiger partial charge in [0, 0.05) is 0 Å². The summed E-state index contributed by atoms with van der Waals surface area (Å²) in [6.45, 7) is -0.390. The lowest BCUT2D eigenvalue weighted by Gasteiger charge is -2.24. The molecule has 0 N–H and O–H groups in total. The lowest BCUT2D eigenvalue weighted by Crippen LogP contribution is -2.42. The Kier molecular flexibility index (Phi) is 9.00. The van der Waals surface area contributed by atoms with Crippen LogP contribution in [-0.2, 0) is 23.7 Å². The van der Waals surface area contributed by atoms with Gasteiger partial charge in [0.25, 0.3) is 0 Å². The largest absolute Gasteiger partial charge is 0.459 e. The smallest absolute Gasteiger partial charge is 0.340 e. The van der Waals surface area contributed by atoms with Crippen LogP contribution in [0.5, 0.6) is 0 Å². The van der Waals surface area contributed by atoms with Crippen LogP contribution in [0.1, 0.15) is 41.4 Å². The number of esters is 4. The Hall–Kier alpha value is -5.28. The second-order valence-electron chi connectivity index (χ2n) is 9.25. The van der Waals surface area contributed by atoms with Crippen molar-refractivity contribution in [3.63, 3.8) is 0 Å². The molecule has 9 heteroatoms. The van der Waals surface area contributed by atoms with Gasteiger partial charge in [-0.2, -0.15) is 0 Å². The van der Waals surface area contributed by atoms with Gasteiger partial charge in [-0.15, -0.1) is 0 Å². The topological polar surface area (TPSA) is 114 Å². The molecule has 5 rings (SSSR count). The number of rotatable bonds is 9. The van der Waals surface area contributed by atoms with Crippen LogP contribution in [0.2, 0.25) is 0 Å². The van der Waals surface area contributed by atoms with Crippen molar-refractivity contribution in [3.05, 3.63) is 144 Å². The summed E-state index contributed by atoms with van der Waals surface area (Å²) in [5.41, 5.74) is 0.978. The summed E-state index contributed by atoms with van der Waals surface area (Å²) in [6, 6.07) is 32.8. The summed E-state index contributed by atoms with van der Waals surface area (Å²) < 4.78 is 28.6. The molecule has 212 valence electrons. The van der Waals surface area contributed by atoms with E-state index in [4.69, 9.17) is 23.7 Å². The van der Waals surface area contributed by atoms with Crippen molar-refractivity contribution in [2.75, 3.05) is 6.61 Å². The molecule has 9 nitrogen and oxygen atoms in total. The Bertz CT molecular complexity index is 1510. The highest BCUT2D eigenvalue weighted by Gasteiger charge is 2.52.